The molecule has 0 bridgehead atoms. The molecule has 4 amide bonds. The van der Waals surface area contributed by atoms with Crippen molar-refractivity contribution in [3.63, 3.8) is 0 Å². The van der Waals surface area contributed by atoms with E-state index in [1.165, 1.54) is 30.3 Å². The SMILES string of the molecule is Cn1cc(/C=C2\C(=O)N(c3ccccc3)C(=O)N(c3ccc(O)cc3)C2=O)c2ccccc21. The highest BCUT2D eigenvalue weighted by Gasteiger charge is 2.43. The van der Waals surface area contributed by atoms with Crippen molar-refractivity contribution >= 4 is 46.2 Å². The summed E-state index contributed by atoms with van der Waals surface area (Å²) >= 11 is 0. The maximum atomic E-state index is 13.5. The number of rotatable bonds is 3. The molecule has 0 saturated carbocycles. The van der Waals surface area contributed by atoms with E-state index in [2.05, 4.69) is 0 Å². The highest BCUT2D eigenvalue weighted by Crippen LogP contribution is 2.31. The fourth-order valence-electron chi connectivity index (χ4n) is 4.01. The summed E-state index contributed by atoms with van der Waals surface area (Å²) in [6.45, 7) is 0. The first-order valence-corrected chi connectivity index (χ1v) is 10.3. The predicted molar refractivity (Wildman–Crippen MR) is 126 cm³/mol. The Morgan fingerprint density at radius 1 is 0.727 bits per heavy atom. The Balaban J connectivity index is 1.70. The first-order chi connectivity index (χ1) is 16.0. The molecule has 33 heavy (non-hydrogen) atoms. The van der Waals surface area contributed by atoms with Gasteiger partial charge >= 0.3 is 6.03 Å². The highest BCUT2D eigenvalue weighted by atomic mass is 16.3. The number of para-hydroxylation sites is 2. The zero-order valence-corrected chi connectivity index (χ0v) is 17.7. The van der Waals surface area contributed by atoms with E-state index in [1.807, 2.05) is 42.1 Å². The number of nitrogens with zero attached hydrogens (tertiary/aromatic N) is 3. The molecule has 1 aliphatic heterocycles. The molecule has 162 valence electrons. The molecule has 7 heteroatoms. The lowest BCUT2D eigenvalue weighted by molar-refractivity contribution is -0.121. The lowest BCUT2D eigenvalue weighted by Crippen LogP contribution is -2.57. The molecule has 1 fully saturated rings. The largest absolute Gasteiger partial charge is 0.508 e. The summed E-state index contributed by atoms with van der Waals surface area (Å²) in [6, 6.07) is 21.0. The molecule has 0 spiro atoms. The number of anilines is 2. The number of amides is 4. The van der Waals surface area contributed by atoms with Crippen LogP contribution < -0.4 is 9.80 Å². The molecular weight excluding hydrogens is 418 g/mol. The number of aromatic nitrogens is 1. The van der Waals surface area contributed by atoms with E-state index in [9.17, 15) is 19.5 Å². The molecule has 5 rings (SSSR count). The van der Waals surface area contributed by atoms with Crippen molar-refractivity contribution in [3.8, 4) is 5.75 Å². The third kappa shape index (κ3) is 3.36. The molecule has 1 aromatic heterocycles. The Morgan fingerprint density at radius 3 is 1.97 bits per heavy atom. The van der Waals surface area contributed by atoms with Crippen LogP contribution in [0.25, 0.3) is 17.0 Å². The van der Waals surface area contributed by atoms with Crippen molar-refractivity contribution in [2.75, 3.05) is 9.80 Å². The summed E-state index contributed by atoms with van der Waals surface area (Å²) in [5, 5.41) is 10.5. The van der Waals surface area contributed by atoms with Crippen LogP contribution in [0.15, 0.2) is 90.6 Å². The second kappa shape index (κ2) is 7.80. The topological polar surface area (TPSA) is 82.8 Å². The van der Waals surface area contributed by atoms with Gasteiger partial charge in [0.1, 0.15) is 11.3 Å². The Morgan fingerprint density at radius 2 is 1.30 bits per heavy atom. The standard InChI is InChI=1S/C26H19N3O4/c1-27-16-17(21-9-5-6-10-23(21)27)15-22-24(31)28(18-7-3-2-4-8-18)26(33)29(25(22)32)19-11-13-20(30)14-12-19/h2-16,30H,1H3/b22-15+. The summed E-state index contributed by atoms with van der Waals surface area (Å²) in [5.41, 5.74) is 2.11. The maximum Gasteiger partial charge on any atom is 0.343 e. The van der Waals surface area contributed by atoms with Gasteiger partial charge in [0, 0.05) is 29.7 Å². The summed E-state index contributed by atoms with van der Waals surface area (Å²) in [6.07, 6.45) is 3.37. The number of phenols is 1. The first kappa shape index (κ1) is 20.3. The fourth-order valence-corrected chi connectivity index (χ4v) is 4.01. The average Bonchev–Trinajstić information content (AvgIpc) is 3.14. The van der Waals surface area contributed by atoms with Gasteiger partial charge in [-0.25, -0.2) is 14.6 Å². The molecule has 3 aromatic carbocycles. The third-order valence-electron chi connectivity index (χ3n) is 5.60. The van der Waals surface area contributed by atoms with E-state index in [0.717, 1.165) is 20.7 Å². The molecule has 0 radical (unpaired) electrons. The number of urea groups is 1. The van der Waals surface area contributed by atoms with Crippen LogP contribution in [0.4, 0.5) is 16.2 Å². The van der Waals surface area contributed by atoms with Crippen LogP contribution >= 0.6 is 0 Å². The number of barbiturate groups is 1. The second-order valence-corrected chi connectivity index (χ2v) is 7.69. The molecule has 1 saturated heterocycles. The number of aryl methyl sites for hydroxylation is 1. The third-order valence-corrected chi connectivity index (χ3v) is 5.60. The van der Waals surface area contributed by atoms with E-state index < -0.39 is 17.8 Å². The van der Waals surface area contributed by atoms with Gasteiger partial charge in [-0.15, -0.1) is 0 Å². The van der Waals surface area contributed by atoms with Gasteiger partial charge in [0.15, 0.2) is 0 Å². The lowest BCUT2D eigenvalue weighted by Gasteiger charge is -2.33. The molecule has 0 unspecified atom stereocenters. The average molecular weight is 437 g/mol. The Labute approximate surface area is 189 Å². The number of benzene rings is 3. The molecule has 0 atom stereocenters. The monoisotopic (exact) mass is 437 g/mol. The van der Waals surface area contributed by atoms with Crippen LogP contribution in [0.3, 0.4) is 0 Å². The normalized spacial score (nSPS) is 15.7. The summed E-state index contributed by atoms with van der Waals surface area (Å²) in [4.78, 5) is 42.2. The maximum absolute atomic E-state index is 13.5. The second-order valence-electron chi connectivity index (χ2n) is 7.69. The number of fused-ring (bicyclic) bond motifs is 1. The van der Waals surface area contributed by atoms with Gasteiger partial charge in [-0.05, 0) is 48.5 Å². The van der Waals surface area contributed by atoms with Crippen LogP contribution in [0.1, 0.15) is 5.56 Å². The predicted octanol–water partition coefficient (Wildman–Crippen LogP) is 4.47. The van der Waals surface area contributed by atoms with Crippen molar-refractivity contribution in [2.45, 2.75) is 0 Å². The lowest BCUT2D eigenvalue weighted by atomic mass is 10.0. The fraction of sp³-hybridized carbons (Fsp3) is 0.0385. The number of imide groups is 2. The number of aromatic hydroxyl groups is 1. The molecule has 7 nitrogen and oxygen atoms in total. The quantitative estimate of drug-likeness (QED) is 0.379. The number of hydrogen-bond acceptors (Lipinski definition) is 4. The highest BCUT2D eigenvalue weighted by molar-refractivity contribution is 6.46. The molecule has 1 aliphatic rings. The van der Waals surface area contributed by atoms with E-state index in [-0.39, 0.29) is 17.0 Å². The van der Waals surface area contributed by atoms with Crippen LogP contribution in [0.5, 0.6) is 5.75 Å². The van der Waals surface area contributed by atoms with Gasteiger partial charge < -0.3 is 9.67 Å². The number of carbonyl (C=O) groups is 3. The molecule has 4 aromatic rings. The first-order valence-electron chi connectivity index (χ1n) is 10.3. The van der Waals surface area contributed by atoms with E-state index >= 15 is 0 Å². The molecule has 0 aliphatic carbocycles. The Kier molecular flexibility index (Phi) is 4.79. The van der Waals surface area contributed by atoms with Crippen molar-refractivity contribution in [1.29, 1.82) is 0 Å². The Bertz CT molecular complexity index is 1440. The van der Waals surface area contributed by atoms with Gasteiger partial charge in [-0.3, -0.25) is 9.59 Å². The molecule has 1 N–H and O–H groups in total. The minimum atomic E-state index is -0.781. The van der Waals surface area contributed by atoms with E-state index in [1.54, 1.807) is 30.3 Å². The number of hydrogen-bond donors (Lipinski definition) is 1. The van der Waals surface area contributed by atoms with Gasteiger partial charge in [-0.2, -0.15) is 0 Å². The zero-order chi connectivity index (χ0) is 23.1. The smallest absolute Gasteiger partial charge is 0.343 e. The van der Waals surface area contributed by atoms with Crippen molar-refractivity contribution in [2.24, 2.45) is 7.05 Å². The van der Waals surface area contributed by atoms with E-state index in [4.69, 9.17) is 0 Å². The van der Waals surface area contributed by atoms with Crippen LogP contribution in [-0.4, -0.2) is 27.5 Å². The summed E-state index contributed by atoms with van der Waals surface area (Å²) in [7, 11) is 1.89. The Hall–Kier alpha value is -4.65. The van der Waals surface area contributed by atoms with Crippen molar-refractivity contribution in [3.05, 3.63) is 96.2 Å². The van der Waals surface area contributed by atoms with Crippen LogP contribution in [0.2, 0.25) is 0 Å². The number of phenolic OH excluding ortho intramolecular Hbond substituents is 1. The van der Waals surface area contributed by atoms with Gasteiger partial charge in [-0.1, -0.05) is 36.4 Å². The summed E-state index contributed by atoms with van der Waals surface area (Å²) < 4.78 is 1.91. The van der Waals surface area contributed by atoms with Crippen LogP contribution in [-0.2, 0) is 16.6 Å². The minimum Gasteiger partial charge on any atom is -0.508 e. The number of carbonyl (C=O) groups excluding carboxylic acids is 3. The zero-order valence-electron chi connectivity index (χ0n) is 17.7. The van der Waals surface area contributed by atoms with Gasteiger partial charge in [0.2, 0.25) is 0 Å². The van der Waals surface area contributed by atoms with Gasteiger partial charge in [0.25, 0.3) is 11.8 Å². The van der Waals surface area contributed by atoms with Crippen LogP contribution in [0, 0.1) is 0 Å². The minimum absolute atomic E-state index is 0.00169. The molecule has 2 heterocycles. The summed E-state index contributed by atoms with van der Waals surface area (Å²) in [5.74, 6) is -1.42. The van der Waals surface area contributed by atoms with Crippen molar-refractivity contribution in [1.82, 2.24) is 4.57 Å². The van der Waals surface area contributed by atoms with Crippen molar-refractivity contribution < 1.29 is 19.5 Å². The van der Waals surface area contributed by atoms with Gasteiger partial charge in [0.05, 0.1) is 11.4 Å². The molecular formula is C26H19N3O4. The van der Waals surface area contributed by atoms with E-state index in [0.29, 0.717) is 11.3 Å².